The number of para-hydroxylation sites is 2. The van der Waals surface area contributed by atoms with E-state index in [9.17, 15) is 9.18 Å². The Morgan fingerprint density at radius 2 is 1.90 bits per heavy atom. The largest absolute Gasteiger partial charge is 0.323 e. The van der Waals surface area contributed by atoms with Gasteiger partial charge in [0.15, 0.2) is 0 Å². The first-order chi connectivity index (χ1) is 15.0. The highest BCUT2D eigenvalue weighted by Crippen LogP contribution is 2.34. The average molecular weight is 434 g/mol. The molecule has 5 rings (SSSR count). The van der Waals surface area contributed by atoms with Crippen molar-refractivity contribution in [1.82, 2.24) is 9.55 Å². The number of rotatable bonds is 4. The summed E-state index contributed by atoms with van der Waals surface area (Å²) in [6.07, 6.45) is 0.363. The normalized spacial score (nSPS) is 16.4. The summed E-state index contributed by atoms with van der Waals surface area (Å²) in [6, 6.07) is 20.4. The minimum Gasteiger partial charge on any atom is -0.323 e. The van der Waals surface area contributed by atoms with Gasteiger partial charge in [-0.1, -0.05) is 41.9 Å². The van der Waals surface area contributed by atoms with Crippen LogP contribution in [-0.4, -0.2) is 22.0 Å². The number of hydrogen-bond acceptors (Lipinski definition) is 2. The summed E-state index contributed by atoms with van der Waals surface area (Å²) in [5.74, 6) is 0.410. The molecule has 0 unspecified atom stereocenters. The van der Waals surface area contributed by atoms with E-state index in [1.54, 1.807) is 12.1 Å². The van der Waals surface area contributed by atoms with Crippen LogP contribution in [-0.2, 0) is 11.3 Å². The Kier molecular flexibility index (Phi) is 4.98. The highest BCUT2D eigenvalue weighted by molar-refractivity contribution is 6.31. The Hall–Kier alpha value is -3.18. The first-order valence-electron chi connectivity index (χ1n) is 10.3. The minimum absolute atomic E-state index is 0.0677. The predicted molar refractivity (Wildman–Crippen MR) is 121 cm³/mol. The lowest BCUT2D eigenvalue weighted by molar-refractivity contribution is -0.117. The molecule has 3 aromatic carbocycles. The highest BCUT2D eigenvalue weighted by atomic mass is 35.5. The summed E-state index contributed by atoms with van der Waals surface area (Å²) in [5.41, 5.74) is 4.15. The van der Waals surface area contributed by atoms with Crippen molar-refractivity contribution in [2.24, 2.45) is 0 Å². The van der Waals surface area contributed by atoms with Crippen molar-refractivity contribution in [3.8, 4) is 0 Å². The molecule has 2 heterocycles. The number of halogens is 2. The topological polar surface area (TPSA) is 38.1 Å². The van der Waals surface area contributed by atoms with Crippen LogP contribution < -0.4 is 4.90 Å². The summed E-state index contributed by atoms with van der Waals surface area (Å²) in [7, 11) is 0. The fourth-order valence-corrected chi connectivity index (χ4v) is 4.56. The van der Waals surface area contributed by atoms with Crippen molar-refractivity contribution >= 4 is 34.2 Å². The summed E-state index contributed by atoms with van der Waals surface area (Å²) in [6.45, 7) is 2.81. The van der Waals surface area contributed by atoms with Gasteiger partial charge in [-0.15, -0.1) is 0 Å². The Morgan fingerprint density at radius 1 is 1.10 bits per heavy atom. The monoisotopic (exact) mass is 433 g/mol. The van der Waals surface area contributed by atoms with Gasteiger partial charge in [0.2, 0.25) is 5.91 Å². The number of benzene rings is 3. The quantitative estimate of drug-likeness (QED) is 0.413. The molecule has 1 aliphatic heterocycles. The number of aromatic nitrogens is 2. The third-order valence-corrected chi connectivity index (χ3v) is 6.22. The Bertz CT molecular complexity index is 1280. The van der Waals surface area contributed by atoms with Crippen molar-refractivity contribution in [1.29, 1.82) is 0 Å². The number of amides is 1. The maximum absolute atomic E-state index is 14.6. The van der Waals surface area contributed by atoms with Crippen molar-refractivity contribution in [3.63, 3.8) is 0 Å². The zero-order valence-electron chi connectivity index (χ0n) is 17.1. The van der Waals surface area contributed by atoms with E-state index in [4.69, 9.17) is 16.6 Å². The summed E-state index contributed by atoms with van der Waals surface area (Å²) in [4.78, 5) is 19.5. The van der Waals surface area contributed by atoms with Crippen LogP contribution in [0.3, 0.4) is 0 Å². The van der Waals surface area contributed by atoms with E-state index in [1.807, 2.05) is 64.9 Å². The smallest absolute Gasteiger partial charge is 0.227 e. The predicted octanol–water partition coefficient (Wildman–Crippen LogP) is 5.71. The van der Waals surface area contributed by atoms with Gasteiger partial charge in [-0.05, 0) is 48.9 Å². The molecule has 1 amide bonds. The molecule has 1 aromatic heterocycles. The molecule has 6 heteroatoms. The van der Waals surface area contributed by atoms with E-state index in [-0.39, 0.29) is 24.2 Å². The van der Waals surface area contributed by atoms with Gasteiger partial charge in [-0.25, -0.2) is 9.37 Å². The Balaban J connectivity index is 1.56. The van der Waals surface area contributed by atoms with Gasteiger partial charge in [0, 0.05) is 35.2 Å². The lowest BCUT2D eigenvalue weighted by Crippen LogP contribution is -2.24. The molecule has 1 fully saturated rings. The molecule has 1 atom stereocenters. The van der Waals surface area contributed by atoms with Gasteiger partial charge < -0.3 is 9.47 Å². The first-order valence-corrected chi connectivity index (χ1v) is 10.6. The molecule has 31 heavy (non-hydrogen) atoms. The van der Waals surface area contributed by atoms with Gasteiger partial charge in [-0.2, -0.15) is 0 Å². The van der Waals surface area contributed by atoms with Crippen molar-refractivity contribution < 1.29 is 9.18 Å². The van der Waals surface area contributed by atoms with Crippen molar-refractivity contribution in [2.75, 3.05) is 11.4 Å². The number of fused-ring (bicyclic) bond motifs is 1. The van der Waals surface area contributed by atoms with Crippen LogP contribution in [0.4, 0.5) is 10.1 Å². The third kappa shape index (κ3) is 3.59. The van der Waals surface area contributed by atoms with E-state index in [1.165, 1.54) is 6.07 Å². The van der Waals surface area contributed by atoms with Gasteiger partial charge >= 0.3 is 0 Å². The molecule has 0 bridgehead atoms. The number of aryl methyl sites for hydroxylation is 1. The molecule has 4 aromatic rings. The molecular weight excluding hydrogens is 413 g/mol. The summed E-state index contributed by atoms with van der Waals surface area (Å²) < 4.78 is 16.6. The number of anilines is 1. The number of imidazole rings is 1. The fourth-order valence-electron chi connectivity index (χ4n) is 4.34. The SMILES string of the molecule is Cc1cccc(N2C[C@@H](c3nc4ccccc4n3Cc3c(F)cccc3Cl)CC2=O)c1. The zero-order chi connectivity index (χ0) is 21.5. The van der Waals surface area contributed by atoms with Gasteiger partial charge in [0.1, 0.15) is 11.6 Å². The molecule has 0 radical (unpaired) electrons. The first kappa shape index (κ1) is 19.8. The van der Waals surface area contributed by atoms with E-state index in [0.29, 0.717) is 23.6 Å². The summed E-state index contributed by atoms with van der Waals surface area (Å²) in [5, 5.41) is 0.382. The molecule has 156 valence electrons. The third-order valence-electron chi connectivity index (χ3n) is 5.87. The number of carbonyl (C=O) groups is 1. The number of nitrogens with zero attached hydrogens (tertiary/aromatic N) is 3. The number of hydrogen-bond donors (Lipinski definition) is 0. The second-order valence-corrected chi connectivity index (χ2v) is 8.40. The van der Waals surface area contributed by atoms with Crippen molar-refractivity contribution in [3.05, 3.63) is 94.5 Å². The molecular formula is C25H21ClFN3O. The van der Waals surface area contributed by atoms with Crippen LogP contribution in [0.15, 0.2) is 66.7 Å². The zero-order valence-corrected chi connectivity index (χ0v) is 17.8. The van der Waals surface area contributed by atoms with E-state index in [2.05, 4.69) is 0 Å². The van der Waals surface area contributed by atoms with E-state index >= 15 is 0 Å². The van der Waals surface area contributed by atoms with Crippen molar-refractivity contribution in [2.45, 2.75) is 25.8 Å². The molecule has 1 aliphatic rings. The Labute approximate surface area is 184 Å². The molecule has 0 spiro atoms. The molecule has 0 N–H and O–H groups in total. The molecule has 4 nitrogen and oxygen atoms in total. The lowest BCUT2D eigenvalue weighted by atomic mass is 10.1. The van der Waals surface area contributed by atoms with Gasteiger partial charge in [0.25, 0.3) is 0 Å². The van der Waals surface area contributed by atoms with Crippen LogP contribution in [0.1, 0.15) is 29.3 Å². The molecule has 0 aliphatic carbocycles. The van der Waals surface area contributed by atoms with Gasteiger partial charge in [-0.3, -0.25) is 4.79 Å². The maximum atomic E-state index is 14.6. The second-order valence-electron chi connectivity index (χ2n) is 7.99. The molecule has 0 saturated carbocycles. The van der Waals surface area contributed by atoms with E-state index < -0.39 is 0 Å². The van der Waals surface area contributed by atoms with Crippen LogP contribution in [0.5, 0.6) is 0 Å². The molecule has 1 saturated heterocycles. The second kappa shape index (κ2) is 7.82. The van der Waals surface area contributed by atoms with Crippen LogP contribution in [0.25, 0.3) is 11.0 Å². The fraction of sp³-hybridized carbons (Fsp3) is 0.200. The lowest BCUT2D eigenvalue weighted by Gasteiger charge is -2.18. The van der Waals surface area contributed by atoms with Crippen LogP contribution in [0.2, 0.25) is 5.02 Å². The average Bonchev–Trinajstić information content (AvgIpc) is 3.31. The van der Waals surface area contributed by atoms with Gasteiger partial charge in [0.05, 0.1) is 17.6 Å². The van der Waals surface area contributed by atoms with Crippen LogP contribution >= 0.6 is 11.6 Å². The Morgan fingerprint density at radius 3 is 2.71 bits per heavy atom. The van der Waals surface area contributed by atoms with E-state index in [0.717, 1.165) is 28.1 Å². The minimum atomic E-state index is -0.347. The number of carbonyl (C=O) groups excluding carboxylic acids is 1. The highest BCUT2D eigenvalue weighted by Gasteiger charge is 2.35. The summed E-state index contributed by atoms with van der Waals surface area (Å²) >= 11 is 6.31. The maximum Gasteiger partial charge on any atom is 0.227 e. The standard InChI is InChI=1S/C25H21ClFN3O/c1-16-6-4-7-18(12-16)29-14-17(13-24(29)31)25-28-22-10-2-3-11-23(22)30(25)15-19-20(26)8-5-9-21(19)27/h2-12,17H,13-15H2,1H3/t17-/m0/s1. The van der Waals surface area contributed by atoms with Crippen LogP contribution in [0, 0.1) is 12.7 Å².